The molecule has 1 saturated heterocycles. The zero-order valence-corrected chi connectivity index (χ0v) is 12.8. The van der Waals surface area contributed by atoms with Crippen molar-refractivity contribution in [3.05, 3.63) is 28.2 Å². The fraction of sp³-hybridized carbons (Fsp3) is 0.462. The first-order chi connectivity index (χ1) is 9.60. The predicted molar refractivity (Wildman–Crippen MR) is 79.4 cm³/mol. The third-order valence-electron chi connectivity index (χ3n) is 3.09. The van der Waals surface area contributed by atoms with Gasteiger partial charge in [-0.25, -0.2) is 0 Å². The van der Waals surface area contributed by atoms with E-state index in [1.54, 1.807) is 12.1 Å². The van der Waals surface area contributed by atoms with Gasteiger partial charge in [0.2, 0.25) is 0 Å². The predicted octanol–water partition coefficient (Wildman–Crippen LogP) is 1.25. The minimum Gasteiger partial charge on any atom is -0.490 e. The van der Waals surface area contributed by atoms with Crippen LogP contribution in [0, 0.1) is 0 Å². The first-order valence-electron chi connectivity index (χ1n) is 6.30. The van der Waals surface area contributed by atoms with Crippen molar-refractivity contribution in [1.29, 1.82) is 0 Å². The lowest BCUT2D eigenvalue weighted by Gasteiger charge is -2.30. The number of likely N-dealkylation sites (N-methyl/N-ethyl adjacent to an activating group) is 1. The summed E-state index contributed by atoms with van der Waals surface area (Å²) in [5.74, 6) is 0.586. The van der Waals surface area contributed by atoms with Gasteiger partial charge in [-0.15, -0.1) is 0 Å². The maximum Gasteiger partial charge on any atom is 0.173 e. The van der Waals surface area contributed by atoms with Gasteiger partial charge in [0.1, 0.15) is 18.5 Å². The van der Waals surface area contributed by atoms with E-state index in [0.29, 0.717) is 24.5 Å². The number of morpholine rings is 1. The number of benzene rings is 1. The van der Waals surface area contributed by atoms with E-state index in [2.05, 4.69) is 33.0 Å². The van der Waals surface area contributed by atoms with Gasteiger partial charge in [-0.2, -0.15) is 0 Å². The molecule has 0 aliphatic carbocycles. The van der Waals surface area contributed by atoms with E-state index in [1.807, 2.05) is 6.07 Å². The van der Waals surface area contributed by atoms with E-state index in [-0.39, 0.29) is 11.9 Å². The second-order valence-corrected chi connectivity index (χ2v) is 5.61. The second kappa shape index (κ2) is 6.92. The van der Waals surface area contributed by atoms with Gasteiger partial charge in [0.05, 0.1) is 12.2 Å². The molecule has 1 aromatic rings. The highest BCUT2D eigenvalue weighted by atomic mass is 79.9. The van der Waals surface area contributed by atoms with Crippen LogP contribution in [-0.4, -0.2) is 55.4 Å². The largest absolute Gasteiger partial charge is 0.490 e. The maximum atomic E-state index is 8.82. The van der Waals surface area contributed by atoms with Crippen LogP contribution >= 0.6 is 15.9 Å². The average molecular weight is 344 g/mol. The lowest BCUT2D eigenvalue weighted by Crippen LogP contribution is -2.42. The molecule has 1 heterocycles. The first kappa shape index (κ1) is 15.1. The molecule has 1 aliphatic rings. The van der Waals surface area contributed by atoms with E-state index in [4.69, 9.17) is 20.4 Å². The van der Waals surface area contributed by atoms with Crippen LogP contribution in [-0.2, 0) is 4.74 Å². The van der Waals surface area contributed by atoms with E-state index >= 15 is 0 Å². The van der Waals surface area contributed by atoms with Gasteiger partial charge in [-0.3, -0.25) is 0 Å². The SMILES string of the molecule is CN1CCOC(COc2ccc(Br)cc2/C(N)=N/O)C1. The van der Waals surface area contributed by atoms with Crippen molar-refractivity contribution >= 4 is 21.8 Å². The molecule has 0 aromatic heterocycles. The Balaban J connectivity index is 2.05. The number of hydrogen-bond donors (Lipinski definition) is 2. The smallest absolute Gasteiger partial charge is 0.173 e. The summed E-state index contributed by atoms with van der Waals surface area (Å²) >= 11 is 3.35. The Morgan fingerprint density at radius 1 is 1.65 bits per heavy atom. The monoisotopic (exact) mass is 343 g/mol. The summed E-state index contributed by atoms with van der Waals surface area (Å²) < 4.78 is 12.2. The van der Waals surface area contributed by atoms with Crippen LogP contribution in [0.1, 0.15) is 5.56 Å². The Bertz CT molecular complexity index is 496. The van der Waals surface area contributed by atoms with Gasteiger partial charge >= 0.3 is 0 Å². The molecule has 2 rings (SSSR count). The molecule has 1 atom stereocenters. The molecule has 1 unspecified atom stereocenters. The molecule has 1 aromatic carbocycles. The van der Waals surface area contributed by atoms with Crippen molar-refractivity contribution in [2.24, 2.45) is 10.9 Å². The zero-order chi connectivity index (χ0) is 14.5. The Labute approximate surface area is 126 Å². The van der Waals surface area contributed by atoms with Gasteiger partial charge in [0, 0.05) is 17.6 Å². The lowest BCUT2D eigenvalue weighted by atomic mass is 10.2. The number of halogens is 1. The van der Waals surface area contributed by atoms with Crippen LogP contribution in [0.25, 0.3) is 0 Å². The fourth-order valence-electron chi connectivity index (χ4n) is 2.03. The molecule has 0 radical (unpaired) electrons. The molecule has 0 spiro atoms. The minimum absolute atomic E-state index is 0.0166. The lowest BCUT2D eigenvalue weighted by molar-refractivity contribution is -0.0403. The topological polar surface area (TPSA) is 80.3 Å². The summed E-state index contributed by atoms with van der Waals surface area (Å²) in [4.78, 5) is 2.20. The highest BCUT2D eigenvalue weighted by Crippen LogP contribution is 2.23. The summed E-state index contributed by atoms with van der Waals surface area (Å²) in [5.41, 5.74) is 6.20. The van der Waals surface area contributed by atoms with Crippen LogP contribution in [0.3, 0.4) is 0 Å². The number of nitrogens with zero attached hydrogens (tertiary/aromatic N) is 2. The van der Waals surface area contributed by atoms with Gasteiger partial charge in [-0.05, 0) is 25.2 Å². The molecule has 1 aliphatic heterocycles. The Morgan fingerprint density at radius 3 is 3.15 bits per heavy atom. The van der Waals surface area contributed by atoms with Crippen molar-refractivity contribution in [3.63, 3.8) is 0 Å². The van der Waals surface area contributed by atoms with Gasteiger partial charge in [0.25, 0.3) is 0 Å². The third kappa shape index (κ3) is 3.84. The molecule has 0 saturated carbocycles. The Hall–Kier alpha value is -1.31. The third-order valence-corrected chi connectivity index (χ3v) is 3.59. The molecule has 3 N–H and O–H groups in total. The summed E-state index contributed by atoms with van der Waals surface area (Å²) in [6.45, 7) is 2.90. The standard InChI is InChI=1S/C13H18BrN3O3/c1-17-4-5-19-10(7-17)8-20-12-3-2-9(14)6-11(12)13(15)16-18/h2-3,6,10,18H,4-5,7-8H2,1H3,(H2,15,16). The Morgan fingerprint density at radius 2 is 2.45 bits per heavy atom. The second-order valence-electron chi connectivity index (χ2n) is 4.69. The summed E-state index contributed by atoms with van der Waals surface area (Å²) in [6, 6.07) is 5.37. The molecular weight excluding hydrogens is 326 g/mol. The van der Waals surface area contributed by atoms with Gasteiger partial charge < -0.3 is 25.3 Å². The molecule has 0 bridgehead atoms. The van der Waals surface area contributed by atoms with Crippen LogP contribution in [0.5, 0.6) is 5.75 Å². The maximum absolute atomic E-state index is 8.82. The van der Waals surface area contributed by atoms with Crippen LogP contribution < -0.4 is 10.5 Å². The van der Waals surface area contributed by atoms with E-state index in [0.717, 1.165) is 17.6 Å². The zero-order valence-electron chi connectivity index (χ0n) is 11.3. The van der Waals surface area contributed by atoms with Crippen molar-refractivity contribution in [2.45, 2.75) is 6.10 Å². The number of rotatable bonds is 4. The first-order valence-corrected chi connectivity index (χ1v) is 7.10. The molecule has 20 heavy (non-hydrogen) atoms. The van der Waals surface area contributed by atoms with Crippen molar-refractivity contribution in [3.8, 4) is 5.75 Å². The van der Waals surface area contributed by atoms with Crippen molar-refractivity contribution < 1.29 is 14.7 Å². The molecule has 110 valence electrons. The molecule has 1 fully saturated rings. The number of hydrogen-bond acceptors (Lipinski definition) is 5. The highest BCUT2D eigenvalue weighted by molar-refractivity contribution is 9.10. The normalized spacial score (nSPS) is 20.9. The van der Waals surface area contributed by atoms with Gasteiger partial charge in [-0.1, -0.05) is 21.1 Å². The summed E-state index contributed by atoms with van der Waals surface area (Å²) in [6.07, 6.45) is 0.0255. The van der Waals surface area contributed by atoms with Crippen molar-refractivity contribution in [2.75, 3.05) is 33.4 Å². The number of nitrogens with two attached hydrogens (primary N) is 1. The average Bonchev–Trinajstić information content (AvgIpc) is 2.45. The number of ether oxygens (including phenoxy) is 2. The highest BCUT2D eigenvalue weighted by Gasteiger charge is 2.19. The van der Waals surface area contributed by atoms with E-state index in [9.17, 15) is 0 Å². The van der Waals surface area contributed by atoms with Crippen molar-refractivity contribution in [1.82, 2.24) is 4.90 Å². The number of amidine groups is 1. The summed E-state index contributed by atoms with van der Waals surface area (Å²) in [5, 5.41) is 11.8. The molecule has 6 nitrogen and oxygen atoms in total. The van der Waals surface area contributed by atoms with E-state index < -0.39 is 0 Å². The van der Waals surface area contributed by atoms with Crippen LogP contribution in [0.4, 0.5) is 0 Å². The summed E-state index contributed by atoms with van der Waals surface area (Å²) in [7, 11) is 2.05. The van der Waals surface area contributed by atoms with Crippen LogP contribution in [0.15, 0.2) is 27.8 Å². The molecule has 0 amide bonds. The molecule has 7 heteroatoms. The van der Waals surface area contributed by atoms with Crippen LogP contribution in [0.2, 0.25) is 0 Å². The minimum atomic E-state index is 0.0166. The quantitative estimate of drug-likeness (QED) is 0.372. The molecular formula is C13H18BrN3O3. The van der Waals surface area contributed by atoms with Gasteiger partial charge in [0.15, 0.2) is 5.84 Å². The number of oxime groups is 1. The Kier molecular flexibility index (Phi) is 5.22. The fourth-order valence-corrected chi connectivity index (χ4v) is 2.39. The van der Waals surface area contributed by atoms with E-state index in [1.165, 1.54) is 0 Å².